The van der Waals surface area contributed by atoms with Crippen LogP contribution in [0, 0.1) is 10.1 Å². The van der Waals surface area contributed by atoms with E-state index in [9.17, 15) is 19.7 Å². The lowest BCUT2D eigenvalue weighted by atomic mass is 10.0. The number of carbonyl (C=O) groups excluding carboxylic acids is 2. The van der Waals surface area contributed by atoms with E-state index in [0.29, 0.717) is 6.29 Å². The van der Waals surface area contributed by atoms with E-state index in [0.717, 1.165) is 0 Å². The highest BCUT2D eigenvalue weighted by molar-refractivity contribution is 6.02. The van der Waals surface area contributed by atoms with E-state index in [1.807, 2.05) is 0 Å². The van der Waals surface area contributed by atoms with E-state index >= 15 is 0 Å². The molecule has 0 aliphatic heterocycles. The third-order valence-corrected chi connectivity index (χ3v) is 2.16. The number of aldehydes is 1. The number of nitrogens with zero attached hydrogens (tertiary/aromatic N) is 1. The maximum Gasteiger partial charge on any atom is 0.294 e. The molecular weight excluding hydrogens is 226 g/mol. The van der Waals surface area contributed by atoms with Gasteiger partial charge in [0.25, 0.3) is 5.69 Å². The number of rotatable bonds is 5. The lowest BCUT2D eigenvalue weighted by Gasteiger charge is -2.08. The minimum absolute atomic E-state index is 0.0967. The SMILES string of the molecule is CCOc1ccc(C(C)=O)c([N+](=O)[O-])c1C=O. The molecule has 0 spiro atoms. The monoisotopic (exact) mass is 237 g/mol. The van der Waals surface area contributed by atoms with Crippen LogP contribution in [0.4, 0.5) is 5.69 Å². The topological polar surface area (TPSA) is 86.5 Å². The Hall–Kier alpha value is -2.24. The van der Waals surface area contributed by atoms with Gasteiger partial charge < -0.3 is 4.74 Å². The number of Topliss-reactive ketones (excluding diaryl/α,β-unsaturated/α-hetero) is 1. The predicted molar refractivity (Wildman–Crippen MR) is 59.7 cm³/mol. The lowest BCUT2D eigenvalue weighted by molar-refractivity contribution is -0.385. The van der Waals surface area contributed by atoms with Crippen molar-refractivity contribution in [2.75, 3.05) is 6.61 Å². The third-order valence-electron chi connectivity index (χ3n) is 2.16. The number of nitro groups is 1. The maximum atomic E-state index is 11.2. The summed E-state index contributed by atoms with van der Waals surface area (Å²) in [7, 11) is 0. The van der Waals surface area contributed by atoms with Crippen molar-refractivity contribution < 1.29 is 19.2 Å². The second-order valence-corrected chi connectivity index (χ2v) is 3.24. The van der Waals surface area contributed by atoms with Crippen LogP contribution in [0.5, 0.6) is 5.75 Å². The third kappa shape index (κ3) is 2.47. The summed E-state index contributed by atoms with van der Waals surface area (Å²) >= 11 is 0. The Bertz CT molecular complexity index is 481. The van der Waals surface area contributed by atoms with Crippen molar-refractivity contribution in [2.24, 2.45) is 0 Å². The van der Waals surface area contributed by atoms with Crippen molar-refractivity contribution in [2.45, 2.75) is 13.8 Å². The predicted octanol–water partition coefficient (Wildman–Crippen LogP) is 2.01. The van der Waals surface area contributed by atoms with Crippen molar-refractivity contribution in [1.29, 1.82) is 0 Å². The van der Waals surface area contributed by atoms with E-state index in [4.69, 9.17) is 4.74 Å². The van der Waals surface area contributed by atoms with Crippen LogP contribution in [-0.2, 0) is 0 Å². The van der Waals surface area contributed by atoms with Gasteiger partial charge in [0.15, 0.2) is 12.1 Å². The molecule has 0 heterocycles. The van der Waals surface area contributed by atoms with Crippen molar-refractivity contribution in [1.82, 2.24) is 0 Å². The molecule has 0 aliphatic carbocycles. The van der Waals surface area contributed by atoms with Gasteiger partial charge in [0.1, 0.15) is 11.3 Å². The average Bonchev–Trinajstić information content (AvgIpc) is 2.28. The van der Waals surface area contributed by atoms with E-state index in [1.165, 1.54) is 19.1 Å². The van der Waals surface area contributed by atoms with Crippen LogP contribution in [0.3, 0.4) is 0 Å². The number of hydrogen-bond acceptors (Lipinski definition) is 5. The Balaban J connectivity index is 3.55. The Labute approximate surface area is 97.3 Å². The van der Waals surface area contributed by atoms with Crippen LogP contribution in [0.15, 0.2) is 12.1 Å². The number of ketones is 1. The lowest BCUT2D eigenvalue weighted by Crippen LogP contribution is -2.06. The number of carbonyl (C=O) groups is 2. The summed E-state index contributed by atoms with van der Waals surface area (Å²) in [5.41, 5.74) is -0.802. The first-order chi connectivity index (χ1) is 8.02. The van der Waals surface area contributed by atoms with Gasteiger partial charge >= 0.3 is 0 Å². The maximum absolute atomic E-state index is 11.2. The van der Waals surface area contributed by atoms with Gasteiger partial charge in [0.2, 0.25) is 0 Å². The van der Waals surface area contributed by atoms with Gasteiger partial charge in [-0.05, 0) is 26.0 Å². The molecule has 6 nitrogen and oxygen atoms in total. The van der Waals surface area contributed by atoms with Crippen molar-refractivity contribution in [3.8, 4) is 5.75 Å². The fourth-order valence-electron chi connectivity index (χ4n) is 1.47. The fourth-order valence-corrected chi connectivity index (χ4v) is 1.47. The Morgan fingerprint density at radius 1 is 1.53 bits per heavy atom. The van der Waals surface area contributed by atoms with Crippen LogP contribution in [0.1, 0.15) is 34.6 Å². The summed E-state index contributed by atoms with van der Waals surface area (Å²) in [5.74, 6) is -0.359. The second kappa shape index (κ2) is 5.20. The number of hydrogen-bond donors (Lipinski definition) is 0. The summed E-state index contributed by atoms with van der Waals surface area (Å²) in [4.78, 5) is 32.3. The molecule has 17 heavy (non-hydrogen) atoms. The van der Waals surface area contributed by atoms with Gasteiger partial charge in [0.05, 0.1) is 17.1 Å². The quantitative estimate of drug-likeness (QED) is 0.338. The number of benzene rings is 1. The zero-order valence-corrected chi connectivity index (χ0v) is 9.43. The van der Waals surface area contributed by atoms with Gasteiger partial charge in [-0.15, -0.1) is 0 Å². The molecular formula is C11H11NO5. The van der Waals surface area contributed by atoms with Crippen LogP contribution in [0.2, 0.25) is 0 Å². The molecule has 0 saturated heterocycles. The molecule has 1 rings (SSSR count). The smallest absolute Gasteiger partial charge is 0.294 e. The van der Waals surface area contributed by atoms with E-state index < -0.39 is 16.4 Å². The highest BCUT2D eigenvalue weighted by Gasteiger charge is 2.25. The molecule has 0 unspecified atom stereocenters. The Morgan fingerprint density at radius 3 is 2.59 bits per heavy atom. The molecule has 1 aromatic rings. The zero-order chi connectivity index (χ0) is 13.0. The Kier molecular flexibility index (Phi) is 3.92. The minimum Gasteiger partial charge on any atom is -0.493 e. The summed E-state index contributed by atoms with van der Waals surface area (Å²) in [6, 6.07) is 2.68. The van der Waals surface area contributed by atoms with Gasteiger partial charge in [0, 0.05) is 0 Å². The molecule has 1 aromatic carbocycles. The standard InChI is InChI=1S/C11H11NO5/c1-3-17-10-5-4-8(7(2)14)11(12(15)16)9(10)6-13/h4-6H,3H2,1-2H3. The largest absolute Gasteiger partial charge is 0.493 e. The zero-order valence-electron chi connectivity index (χ0n) is 9.43. The van der Waals surface area contributed by atoms with Gasteiger partial charge in [-0.25, -0.2) is 0 Å². The van der Waals surface area contributed by atoms with Crippen LogP contribution in [-0.4, -0.2) is 23.6 Å². The first-order valence-corrected chi connectivity index (χ1v) is 4.93. The normalized spacial score (nSPS) is 9.76. The fraction of sp³-hybridized carbons (Fsp3) is 0.273. The highest BCUT2D eigenvalue weighted by atomic mass is 16.6. The Morgan fingerprint density at radius 2 is 2.18 bits per heavy atom. The van der Waals surface area contributed by atoms with Gasteiger partial charge in [-0.2, -0.15) is 0 Å². The molecule has 0 saturated carbocycles. The van der Waals surface area contributed by atoms with Crippen LogP contribution < -0.4 is 4.74 Å². The number of nitro benzene ring substituents is 1. The molecule has 0 fully saturated rings. The van der Waals surface area contributed by atoms with Gasteiger partial charge in [-0.1, -0.05) is 0 Å². The first kappa shape index (κ1) is 12.8. The number of ether oxygens (including phenoxy) is 1. The first-order valence-electron chi connectivity index (χ1n) is 4.93. The molecule has 0 bridgehead atoms. The van der Waals surface area contributed by atoms with Crippen molar-refractivity contribution in [3.05, 3.63) is 33.4 Å². The molecule has 0 N–H and O–H groups in total. The van der Waals surface area contributed by atoms with Crippen molar-refractivity contribution in [3.63, 3.8) is 0 Å². The van der Waals surface area contributed by atoms with E-state index in [-0.39, 0.29) is 23.5 Å². The van der Waals surface area contributed by atoms with E-state index in [1.54, 1.807) is 6.92 Å². The molecule has 0 atom stereocenters. The van der Waals surface area contributed by atoms with Gasteiger partial charge in [-0.3, -0.25) is 19.7 Å². The summed E-state index contributed by atoms with van der Waals surface area (Å²) < 4.78 is 5.11. The highest BCUT2D eigenvalue weighted by Crippen LogP contribution is 2.31. The molecule has 90 valence electrons. The molecule has 0 radical (unpaired) electrons. The molecule has 0 amide bonds. The van der Waals surface area contributed by atoms with Crippen molar-refractivity contribution >= 4 is 17.8 Å². The molecule has 6 heteroatoms. The average molecular weight is 237 g/mol. The minimum atomic E-state index is -0.747. The van der Waals surface area contributed by atoms with E-state index in [2.05, 4.69) is 0 Å². The van der Waals surface area contributed by atoms with Crippen LogP contribution >= 0.6 is 0 Å². The molecule has 0 aromatic heterocycles. The summed E-state index contributed by atoms with van der Waals surface area (Å²) in [5, 5.41) is 10.9. The summed E-state index contributed by atoms with van der Waals surface area (Å²) in [6.07, 6.45) is 0.329. The molecule has 0 aliphatic rings. The van der Waals surface area contributed by atoms with Crippen LogP contribution in [0.25, 0.3) is 0 Å². The summed E-state index contributed by atoms with van der Waals surface area (Å²) in [6.45, 7) is 3.17. The second-order valence-electron chi connectivity index (χ2n) is 3.24.